The summed E-state index contributed by atoms with van der Waals surface area (Å²) < 4.78 is 5.41. The van der Waals surface area contributed by atoms with E-state index in [-0.39, 0.29) is 0 Å². The smallest absolute Gasteiger partial charge is 0.373 e. The zero-order valence-electron chi connectivity index (χ0n) is 10.3. The monoisotopic (exact) mass is 238 g/mol. The van der Waals surface area contributed by atoms with E-state index in [1.807, 2.05) is 13.8 Å². The first-order chi connectivity index (χ1) is 8.27. The fourth-order valence-corrected chi connectivity index (χ4v) is 1.13. The molecule has 0 atom stereocenters. The van der Waals surface area contributed by atoms with Gasteiger partial charge in [0.1, 0.15) is 5.75 Å². The van der Waals surface area contributed by atoms with E-state index in [9.17, 15) is 4.79 Å². The summed E-state index contributed by atoms with van der Waals surface area (Å²) in [5.74, 6) is 0.262. The van der Waals surface area contributed by atoms with Crippen molar-refractivity contribution < 1.29 is 19.3 Å². The first-order valence-electron chi connectivity index (χ1n) is 5.84. The lowest BCUT2D eigenvalue weighted by Gasteiger charge is -2.05. The van der Waals surface area contributed by atoms with Crippen LogP contribution in [0.15, 0.2) is 24.3 Å². The molecule has 0 aliphatic carbocycles. The summed E-state index contributed by atoms with van der Waals surface area (Å²) in [4.78, 5) is 20.8. The predicted molar refractivity (Wildman–Crippen MR) is 63.9 cm³/mol. The van der Waals surface area contributed by atoms with E-state index < -0.39 is 5.97 Å². The lowest BCUT2D eigenvalue weighted by atomic mass is 10.2. The van der Waals surface area contributed by atoms with Crippen LogP contribution < -0.4 is 4.74 Å². The number of carbonyl (C=O) groups is 1. The highest BCUT2D eigenvalue weighted by Crippen LogP contribution is 2.13. The summed E-state index contributed by atoms with van der Waals surface area (Å²) >= 11 is 0. The molecule has 0 heterocycles. The molecule has 0 N–H and O–H groups in total. The molecular weight excluding hydrogens is 220 g/mol. The quantitative estimate of drug-likeness (QED) is 0.416. The molecule has 0 fully saturated rings. The van der Waals surface area contributed by atoms with Gasteiger partial charge >= 0.3 is 5.97 Å². The molecule has 0 saturated carbocycles. The van der Waals surface area contributed by atoms with Gasteiger partial charge in [-0.1, -0.05) is 13.8 Å². The van der Waals surface area contributed by atoms with E-state index in [0.717, 1.165) is 18.6 Å². The van der Waals surface area contributed by atoms with Crippen LogP contribution in [-0.4, -0.2) is 19.2 Å². The number of hydrogen-bond acceptors (Lipinski definition) is 4. The van der Waals surface area contributed by atoms with Gasteiger partial charge in [0.15, 0.2) is 0 Å². The highest BCUT2D eigenvalue weighted by molar-refractivity contribution is 5.89. The highest BCUT2D eigenvalue weighted by atomic mass is 17.2. The van der Waals surface area contributed by atoms with Gasteiger partial charge in [-0.3, -0.25) is 4.89 Å². The third-order valence-electron chi connectivity index (χ3n) is 1.98. The van der Waals surface area contributed by atoms with Gasteiger partial charge in [0.2, 0.25) is 0 Å². The minimum Gasteiger partial charge on any atom is -0.494 e. The maximum absolute atomic E-state index is 11.5. The van der Waals surface area contributed by atoms with Crippen LogP contribution in [0.3, 0.4) is 0 Å². The van der Waals surface area contributed by atoms with E-state index >= 15 is 0 Å². The van der Waals surface area contributed by atoms with Crippen molar-refractivity contribution in [1.82, 2.24) is 0 Å². The topological polar surface area (TPSA) is 44.8 Å². The van der Waals surface area contributed by atoms with Gasteiger partial charge in [0.05, 0.1) is 18.8 Å². The fraction of sp³-hybridized carbons (Fsp3) is 0.462. The molecule has 4 heteroatoms. The van der Waals surface area contributed by atoms with Crippen molar-refractivity contribution in [1.29, 1.82) is 0 Å². The molecule has 0 spiro atoms. The first-order valence-corrected chi connectivity index (χ1v) is 5.84. The number of hydrogen-bond donors (Lipinski definition) is 0. The van der Waals surface area contributed by atoms with Gasteiger partial charge in [0.25, 0.3) is 0 Å². The molecular formula is C13H18O4. The SMILES string of the molecule is CCCOOC(=O)c1ccc(OCCC)cc1. The predicted octanol–water partition coefficient (Wildman–Crippen LogP) is 2.97. The van der Waals surface area contributed by atoms with Gasteiger partial charge in [-0.15, -0.1) is 0 Å². The van der Waals surface area contributed by atoms with Crippen molar-refractivity contribution in [2.24, 2.45) is 0 Å². The summed E-state index contributed by atoms with van der Waals surface area (Å²) in [6, 6.07) is 6.80. The van der Waals surface area contributed by atoms with Crippen molar-refractivity contribution in [3.8, 4) is 5.75 Å². The summed E-state index contributed by atoms with van der Waals surface area (Å²) in [5, 5.41) is 0. The van der Waals surface area contributed by atoms with Crippen LogP contribution in [0, 0.1) is 0 Å². The van der Waals surface area contributed by atoms with Gasteiger partial charge in [0, 0.05) is 0 Å². The molecule has 0 amide bonds. The van der Waals surface area contributed by atoms with Gasteiger partial charge in [-0.2, -0.15) is 4.89 Å². The van der Waals surface area contributed by atoms with Crippen molar-refractivity contribution in [3.63, 3.8) is 0 Å². The second-order valence-corrected chi connectivity index (χ2v) is 3.57. The summed E-state index contributed by atoms with van der Waals surface area (Å²) in [6.07, 6.45) is 1.76. The van der Waals surface area contributed by atoms with Crippen molar-refractivity contribution in [2.75, 3.05) is 13.2 Å². The van der Waals surface area contributed by atoms with Crippen LogP contribution >= 0.6 is 0 Å². The standard InChI is InChI=1S/C13H18O4/c1-3-9-15-12-7-5-11(6-8-12)13(14)17-16-10-4-2/h5-8H,3-4,9-10H2,1-2H3. The normalized spacial score (nSPS) is 10.0. The van der Waals surface area contributed by atoms with Crippen molar-refractivity contribution in [3.05, 3.63) is 29.8 Å². The maximum Gasteiger partial charge on any atom is 0.373 e. The van der Waals surface area contributed by atoms with Gasteiger partial charge in [-0.05, 0) is 37.1 Å². The molecule has 0 unspecified atom stereocenters. The van der Waals surface area contributed by atoms with E-state index in [1.165, 1.54) is 0 Å². The zero-order valence-corrected chi connectivity index (χ0v) is 10.3. The number of carbonyl (C=O) groups excluding carboxylic acids is 1. The number of rotatable bonds is 7. The maximum atomic E-state index is 11.5. The third-order valence-corrected chi connectivity index (χ3v) is 1.98. The van der Waals surface area contributed by atoms with Gasteiger partial charge < -0.3 is 4.74 Å². The van der Waals surface area contributed by atoms with Crippen LogP contribution in [0.1, 0.15) is 37.0 Å². The largest absolute Gasteiger partial charge is 0.494 e. The van der Waals surface area contributed by atoms with Crippen LogP contribution in [0.2, 0.25) is 0 Å². The average Bonchev–Trinajstić information content (AvgIpc) is 2.37. The van der Waals surface area contributed by atoms with E-state index in [1.54, 1.807) is 24.3 Å². The molecule has 0 aliphatic heterocycles. The Bertz CT molecular complexity index is 332. The molecule has 1 aromatic carbocycles. The Morgan fingerprint density at radius 2 is 1.71 bits per heavy atom. The lowest BCUT2D eigenvalue weighted by molar-refractivity contribution is -0.240. The Morgan fingerprint density at radius 1 is 1.06 bits per heavy atom. The fourth-order valence-electron chi connectivity index (χ4n) is 1.13. The van der Waals surface area contributed by atoms with E-state index in [0.29, 0.717) is 18.8 Å². The van der Waals surface area contributed by atoms with Crippen LogP contribution in [0.4, 0.5) is 0 Å². The third kappa shape index (κ3) is 4.87. The second kappa shape index (κ2) is 7.68. The molecule has 0 saturated heterocycles. The molecule has 4 nitrogen and oxygen atoms in total. The van der Waals surface area contributed by atoms with Crippen LogP contribution in [0.25, 0.3) is 0 Å². The summed E-state index contributed by atoms with van der Waals surface area (Å²) in [6.45, 7) is 5.05. The van der Waals surface area contributed by atoms with Crippen molar-refractivity contribution in [2.45, 2.75) is 26.7 Å². The Kier molecular flexibility index (Phi) is 6.10. The highest BCUT2D eigenvalue weighted by Gasteiger charge is 2.07. The van der Waals surface area contributed by atoms with Crippen LogP contribution in [-0.2, 0) is 9.78 Å². The number of benzene rings is 1. The molecule has 94 valence electrons. The summed E-state index contributed by atoms with van der Waals surface area (Å²) in [7, 11) is 0. The minimum atomic E-state index is -0.486. The number of ether oxygens (including phenoxy) is 1. The van der Waals surface area contributed by atoms with E-state index in [2.05, 4.69) is 4.89 Å². The van der Waals surface area contributed by atoms with Crippen molar-refractivity contribution >= 4 is 5.97 Å². The Labute approximate surface area is 101 Å². The Morgan fingerprint density at radius 3 is 2.29 bits per heavy atom. The van der Waals surface area contributed by atoms with Gasteiger partial charge in [-0.25, -0.2) is 4.79 Å². The van der Waals surface area contributed by atoms with E-state index in [4.69, 9.17) is 9.62 Å². The molecule has 1 aromatic rings. The Balaban J connectivity index is 2.46. The minimum absolute atomic E-state index is 0.406. The molecule has 0 aromatic heterocycles. The molecule has 0 bridgehead atoms. The zero-order chi connectivity index (χ0) is 12.5. The summed E-state index contributed by atoms with van der Waals surface area (Å²) in [5.41, 5.74) is 0.449. The lowest BCUT2D eigenvalue weighted by Crippen LogP contribution is -2.06. The van der Waals surface area contributed by atoms with Crippen LogP contribution in [0.5, 0.6) is 5.75 Å². The Hall–Kier alpha value is -1.55. The molecule has 0 aliphatic rings. The molecule has 1 rings (SSSR count). The first kappa shape index (κ1) is 13.5. The second-order valence-electron chi connectivity index (χ2n) is 3.57. The average molecular weight is 238 g/mol. The molecule has 0 radical (unpaired) electrons. The molecule has 17 heavy (non-hydrogen) atoms.